The lowest BCUT2D eigenvalue weighted by Gasteiger charge is -2.14. The predicted octanol–water partition coefficient (Wildman–Crippen LogP) is 3.44. The zero-order chi connectivity index (χ0) is 18.4. The molecule has 0 aliphatic heterocycles. The van der Waals surface area contributed by atoms with Gasteiger partial charge in [0.25, 0.3) is 0 Å². The summed E-state index contributed by atoms with van der Waals surface area (Å²) in [5.41, 5.74) is 7.99. The molecule has 2 rings (SSSR count). The topological polar surface area (TPSA) is 84.2 Å². The van der Waals surface area contributed by atoms with E-state index in [0.29, 0.717) is 22.8 Å². The van der Waals surface area contributed by atoms with E-state index in [0.717, 1.165) is 5.56 Å². The molecule has 132 valence electrons. The highest BCUT2D eigenvalue weighted by Crippen LogP contribution is 2.26. The Balaban J connectivity index is 1.99. The second-order valence-electron chi connectivity index (χ2n) is 6.12. The van der Waals surface area contributed by atoms with Crippen LogP contribution in [0, 0.1) is 5.92 Å². The third kappa shape index (κ3) is 5.59. The number of rotatable bonds is 6. The van der Waals surface area contributed by atoms with Crippen LogP contribution in [0.5, 0.6) is 0 Å². The van der Waals surface area contributed by atoms with Crippen LogP contribution in [0.4, 0.5) is 11.4 Å². The summed E-state index contributed by atoms with van der Waals surface area (Å²) in [7, 11) is 0. The number of hydrogen-bond donors (Lipinski definition) is 3. The standard InChI is InChI=1S/C19H22ClN3O2/c1-12(2)18(24)23-17-9-8-14(11-15(17)20)22-19(25)16(21)10-13-6-4-3-5-7-13/h3-9,11-12,16H,10,21H2,1-2H3,(H,22,25)(H,23,24)/t16-/m0/s1. The molecule has 2 aromatic carbocycles. The van der Waals surface area contributed by atoms with Crippen molar-refractivity contribution in [1.82, 2.24) is 0 Å². The summed E-state index contributed by atoms with van der Waals surface area (Å²) in [6.07, 6.45) is 0.447. The molecule has 1 atom stereocenters. The summed E-state index contributed by atoms with van der Waals surface area (Å²) in [6.45, 7) is 3.60. The zero-order valence-electron chi connectivity index (χ0n) is 14.3. The van der Waals surface area contributed by atoms with Crippen molar-refractivity contribution in [2.75, 3.05) is 10.6 Å². The molecule has 4 N–H and O–H groups in total. The van der Waals surface area contributed by atoms with Gasteiger partial charge < -0.3 is 16.4 Å². The molecule has 0 heterocycles. The lowest BCUT2D eigenvalue weighted by molar-refractivity contribution is -0.119. The Morgan fingerprint density at radius 1 is 1.04 bits per heavy atom. The normalized spacial score (nSPS) is 11.9. The van der Waals surface area contributed by atoms with Gasteiger partial charge in [-0.3, -0.25) is 9.59 Å². The zero-order valence-corrected chi connectivity index (χ0v) is 15.0. The van der Waals surface area contributed by atoms with E-state index >= 15 is 0 Å². The molecule has 0 aromatic heterocycles. The van der Waals surface area contributed by atoms with Crippen molar-refractivity contribution in [2.24, 2.45) is 11.7 Å². The van der Waals surface area contributed by atoms with Gasteiger partial charge in [-0.05, 0) is 30.2 Å². The van der Waals surface area contributed by atoms with E-state index in [1.54, 1.807) is 32.0 Å². The Hall–Kier alpha value is -2.37. The second kappa shape index (κ2) is 8.65. The average Bonchev–Trinajstić information content (AvgIpc) is 2.58. The van der Waals surface area contributed by atoms with Gasteiger partial charge >= 0.3 is 0 Å². The molecular formula is C19H22ClN3O2. The van der Waals surface area contributed by atoms with Crippen molar-refractivity contribution in [3.05, 3.63) is 59.1 Å². The summed E-state index contributed by atoms with van der Waals surface area (Å²) in [6, 6.07) is 13.8. The van der Waals surface area contributed by atoms with Gasteiger partial charge in [0.15, 0.2) is 0 Å². The predicted molar refractivity (Wildman–Crippen MR) is 102 cm³/mol. The van der Waals surface area contributed by atoms with E-state index in [9.17, 15) is 9.59 Å². The van der Waals surface area contributed by atoms with E-state index in [1.165, 1.54) is 0 Å². The summed E-state index contributed by atoms with van der Waals surface area (Å²) >= 11 is 6.17. The van der Waals surface area contributed by atoms with Gasteiger partial charge in [0.05, 0.1) is 16.8 Å². The monoisotopic (exact) mass is 359 g/mol. The van der Waals surface area contributed by atoms with E-state index in [4.69, 9.17) is 17.3 Å². The van der Waals surface area contributed by atoms with Crippen LogP contribution in [0.15, 0.2) is 48.5 Å². The molecular weight excluding hydrogens is 338 g/mol. The van der Waals surface area contributed by atoms with Crippen LogP contribution in [0.2, 0.25) is 5.02 Å². The summed E-state index contributed by atoms with van der Waals surface area (Å²) in [5, 5.41) is 5.83. The van der Waals surface area contributed by atoms with Crippen LogP contribution >= 0.6 is 11.6 Å². The molecule has 0 spiro atoms. The Morgan fingerprint density at radius 3 is 2.32 bits per heavy atom. The molecule has 0 unspecified atom stereocenters. The van der Waals surface area contributed by atoms with Crippen LogP contribution in [-0.2, 0) is 16.0 Å². The first kappa shape index (κ1) is 19.0. The molecule has 6 heteroatoms. The van der Waals surface area contributed by atoms with Gasteiger partial charge in [0.1, 0.15) is 0 Å². The lowest BCUT2D eigenvalue weighted by atomic mass is 10.1. The fourth-order valence-electron chi connectivity index (χ4n) is 2.17. The lowest BCUT2D eigenvalue weighted by Crippen LogP contribution is -2.37. The largest absolute Gasteiger partial charge is 0.325 e. The number of amides is 2. The molecule has 0 radical (unpaired) electrons. The van der Waals surface area contributed by atoms with Crippen molar-refractivity contribution < 1.29 is 9.59 Å². The maximum absolute atomic E-state index is 12.2. The van der Waals surface area contributed by atoms with Crippen LogP contribution in [-0.4, -0.2) is 17.9 Å². The molecule has 0 saturated carbocycles. The molecule has 0 bridgehead atoms. The minimum Gasteiger partial charge on any atom is -0.325 e. The number of carbonyl (C=O) groups excluding carboxylic acids is 2. The maximum atomic E-state index is 12.2. The van der Waals surface area contributed by atoms with Gasteiger partial charge in [-0.25, -0.2) is 0 Å². The fourth-order valence-corrected chi connectivity index (χ4v) is 2.39. The smallest absolute Gasteiger partial charge is 0.241 e. The summed E-state index contributed by atoms with van der Waals surface area (Å²) < 4.78 is 0. The van der Waals surface area contributed by atoms with Crippen LogP contribution in [0.25, 0.3) is 0 Å². The van der Waals surface area contributed by atoms with Crippen LogP contribution in [0.1, 0.15) is 19.4 Å². The molecule has 0 saturated heterocycles. The van der Waals surface area contributed by atoms with Gasteiger partial charge in [-0.15, -0.1) is 0 Å². The van der Waals surface area contributed by atoms with Gasteiger partial charge in [-0.1, -0.05) is 55.8 Å². The first-order valence-corrected chi connectivity index (χ1v) is 8.45. The molecule has 0 aliphatic carbocycles. The van der Waals surface area contributed by atoms with E-state index < -0.39 is 6.04 Å². The summed E-state index contributed by atoms with van der Waals surface area (Å²) in [5.74, 6) is -0.561. The molecule has 0 aliphatic rings. The Bertz CT molecular complexity index is 748. The SMILES string of the molecule is CC(C)C(=O)Nc1ccc(NC(=O)[C@@H](N)Cc2ccccc2)cc1Cl. The molecule has 0 fully saturated rings. The van der Waals surface area contributed by atoms with Crippen molar-refractivity contribution in [3.63, 3.8) is 0 Å². The number of benzene rings is 2. The minimum atomic E-state index is -0.665. The number of carbonyl (C=O) groups is 2. The molecule has 2 amide bonds. The van der Waals surface area contributed by atoms with Crippen LogP contribution in [0.3, 0.4) is 0 Å². The Morgan fingerprint density at radius 2 is 1.72 bits per heavy atom. The Labute approximate surface area is 152 Å². The van der Waals surface area contributed by atoms with Crippen molar-refractivity contribution in [3.8, 4) is 0 Å². The maximum Gasteiger partial charge on any atom is 0.241 e. The number of nitrogens with two attached hydrogens (primary N) is 1. The highest BCUT2D eigenvalue weighted by Gasteiger charge is 2.15. The summed E-state index contributed by atoms with van der Waals surface area (Å²) in [4.78, 5) is 24.0. The van der Waals surface area contributed by atoms with Crippen LogP contribution < -0.4 is 16.4 Å². The molecule has 25 heavy (non-hydrogen) atoms. The number of nitrogens with one attached hydrogen (secondary N) is 2. The quantitative estimate of drug-likeness (QED) is 0.738. The van der Waals surface area contributed by atoms with E-state index in [-0.39, 0.29) is 17.7 Å². The van der Waals surface area contributed by atoms with Gasteiger partial charge in [-0.2, -0.15) is 0 Å². The number of hydrogen-bond acceptors (Lipinski definition) is 3. The third-order valence-corrected chi connectivity index (χ3v) is 3.97. The number of halogens is 1. The van der Waals surface area contributed by atoms with Crippen molar-refractivity contribution >= 4 is 34.8 Å². The average molecular weight is 360 g/mol. The fraction of sp³-hybridized carbons (Fsp3) is 0.263. The third-order valence-electron chi connectivity index (χ3n) is 3.65. The first-order valence-electron chi connectivity index (χ1n) is 8.07. The van der Waals surface area contributed by atoms with E-state index in [1.807, 2.05) is 30.3 Å². The van der Waals surface area contributed by atoms with Gasteiger partial charge in [0.2, 0.25) is 11.8 Å². The minimum absolute atomic E-state index is 0.122. The molecule has 2 aromatic rings. The highest BCUT2D eigenvalue weighted by atomic mass is 35.5. The number of anilines is 2. The van der Waals surface area contributed by atoms with E-state index in [2.05, 4.69) is 10.6 Å². The van der Waals surface area contributed by atoms with Crippen molar-refractivity contribution in [1.29, 1.82) is 0 Å². The highest BCUT2D eigenvalue weighted by molar-refractivity contribution is 6.34. The second-order valence-corrected chi connectivity index (χ2v) is 6.53. The van der Waals surface area contributed by atoms with Gasteiger partial charge in [0, 0.05) is 11.6 Å². The molecule has 5 nitrogen and oxygen atoms in total. The van der Waals surface area contributed by atoms with Crippen molar-refractivity contribution in [2.45, 2.75) is 26.3 Å². The Kier molecular flexibility index (Phi) is 6.56. The first-order chi connectivity index (χ1) is 11.9.